The third kappa shape index (κ3) is 3.13. The molecule has 2 N–H and O–H groups in total. The van der Waals surface area contributed by atoms with Gasteiger partial charge in [-0.25, -0.2) is 4.99 Å². The molecule has 0 aromatic heterocycles. The Morgan fingerprint density at radius 2 is 1.93 bits per heavy atom. The van der Waals surface area contributed by atoms with Gasteiger partial charge in [-0.05, 0) is 30.9 Å². The third-order valence-electron chi connectivity index (χ3n) is 5.10. The first-order valence-corrected chi connectivity index (χ1v) is 10.5. The number of amides is 2. The molecule has 2 aliphatic rings. The van der Waals surface area contributed by atoms with Crippen LogP contribution in [0.1, 0.15) is 19.4 Å². The second kappa shape index (κ2) is 7.35. The van der Waals surface area contributed by atoms with Crippen LogP contribution in [0.15, 0.2) is 70.5 Å². The van der Waals surface area contributed by atoms with Crippen LogP contribution in [0.2, 0.25) is 0 Å². The van der Waals surface area contributed by atoms with Crippen LogP contribution in [0.25, 0.3) is 10.8 Å². The molecule has 0 aliphatic carbocycles. The number of rotatable bonds is 3. The number of nitriles is 1. The van der Waals surface area contributed by atoms with Crippen LogP contribution in [-0.4, -0.2) is 28.1 Å². The molecule has 2 aromatic carbocycles. The molecule has 0 saturated carbocycles. The molecule has 150 valence electrons. The van der Waals surface area contributed by atoms with Crippen molar-refractivity contribution in [2.75, 3.05) is 6.26 Å². The van der Waals surface area contributed by atoms with Crippen LogP contribution in [0, 0.1) is 11.3 Å². The Labute approximate surface area is 178 Å². The zero-order valence-corrected chi connectivity index (χ0v) is 17.5. The Kier molecular flexibility index (Phi) is 4.84. The standard InChI is InChI=1S/C22H19N5O2S/c1-13-11-18(28)27(21(13)29)26-19-16(12-23)20(30-3)25-22(2,24-19)17-10-6-8-14-7-4-5-9-15(14)17/h4-11,24,26H,1-3H3. The lowest BCUT2D eigenvalue weighted by atomic mass is 9.94. The van der Waals surface area contributed by atoms with Gasteiger partial charge in [-0.3, -0.25) is 15.0 Å². The Morgan fingerprint density at radius 1 is 1.20 bits per heavy atom. The molecule has 0 saturated heterocycles. The van der Waals surface area contributed by atoms with Gasteiger partial charge in [0.2, 0.25) is 0 Å². The summed E-state index contributed by atoms with van der Waals surface area (Å²) in [4.78, 5) is 29.4. The molecule has 7 nitrogen and oxygen atoms in total. The molecule has 2 aromatic rings. The Balaban J connectivity index is 1.81. The van der Waals surface area contributed by atoms with E-state index >= 15 is 0 Å². The van der Waals surface area contributed by atoms with Gasteiger partial charge < -0.3 is 5.32 Å². The van der Waals surface area contributed by atoms with Gasteiger partial charge in [0.1, 0.15) is 22.5 Å². The number of fused-ring (bicyclic) bond motifs is 1. The summed E-state index contributed by atoms with van der Waals surface area (Å²) in [5.41, 5.74) is 3.39. The minimum Gasteiger partial charge on any atom is -0.342 e. The van der Waals surface area contributed by atoms with Crippen molar-refractivity contribution < 1.29 is 9.59 Å². The van der Waals surface area contributed by atoms with Crippen LogP contribution in [0.5, 0.6) is 0 Å². The van der Waals surface area contributed by atoms with Gasteiger partial charge in [0.25, 0.3) is 11.8 Å². The predicted molar refractivity (Wildman–Crippen MR) is 117 cm³/mol. The zero-order valence-electron chi connectivity index (χ0n) is 16.7. The second-order valence-electron chi connectivity index (χ2n) is 7.12. The summed E-state index contributed by atoms with van der Waals surface area (Å²) in [7, 11) is 0. The zero-order chi connectivity index (χ0) is 21.5. The molecule has 2 heterocycles. The van der Waals surface area contributed by atoms with Crippen molar-refractivity contribution in [1.29, 1.82) is 5.26 Å². The highest BCUT2D eigenvalue weighted by atomic mass is 32.2. The smallest absolute Gasteiger partial charge is 0.275 e. The lowest BCUT2D eigenvalue weighted by Gasteiger charge is -2.36. The summed E-state index contributed by atoms with van der Waals surface area (Å²) in [6.07, 6.45) is 3.10. The van der Waals surface area contributed by atoms with Crippen LogP contribution in [0.3, 0.4) is 0 Å². The number of nitrogens with zero attached hydrogens (tertiary/aromatic N) is 3. The van der Waals surface area contributed by atoms with Gasteiger partial charge in [0, 0.05) is 17.2 Å². The monoisotopic (exact) mass is 417 g/mol. The van der Waals surface area contributed by atoms with E-state index < -0.39 is 17.5 Å². The average molecular weight is 417 g/mol. The lowest BCUT2D eigenvalue weighted by Crippen LogP contribution is -2.52. The molecule has 2 aliphatic heterocycles. The van der Waals surface area contributed by atoms with Crippen molar-refractivity contribution in [3.05, 3.63) is 71.1 Å². The molecule has 0 bridgehead atoms. The molecule has 1 atom stereocenters. The van der Waals surface area contributed by atoms with Crippen molar-refractivity contribution in [3.8, 4) is 6.07 Å². The number of carbonyl (C=O) groups excluding carboxylic acids is 2. The van der Waals surface area contributed by atoms with Crippen LogP contribution in [-0.2, 0) is 15.3 Å². The van der Waals surface area contributed by atoms with Crippen LogP contribution < -0.4 is 10.7 Å². The summed E-state index contributed by atoms with van der Waals surface area (Å²) in [5.74, 6) is -0.673. The molecule has 8 heteroatoms. The fraction of sp³-hybridized carbons (Fsp3) is 0.182. The number of nitrogens with one attached hydrogen (secondary N) is 2. The molecule has 0 radical (unpaired) electrons. The van der Waals surface area contributed by atoms with Crippen molar-refractivity contribution >= 4 is 39.4 Å². The topological polar surface area (TPSA) is 97.6 Å². The first-order chi connectivity index (χ1) is 14.4. The summed E-state index contributed by atoms with van der Waals surface area (Å²) in [5, 5.41) is 16.5. The van der Waals surface area contributed by atoms with E-state index in [-0.39, 0.29) is 11.4 Å². The average Bonchev–Trinajstić information content (AvgIpc) is 2.98. The Bertz CT molecular complexity index is 1220. The summed E-state index contributed by atoms with van der Waals surface area (Å²) in [6, 6.07) is 16.1. The second-order valence-corrected chi connectivity index (χ2v) is 7.92. The van der Waals surface area contributed by atoms with Gasteiger partial charge in [0.15, 0.2) is 5.66 Å². The number of thioether (sulfide) groups is 1. The van der Waals surface area contributed by atoms with Gasteiger partial charge in [-0.2, -0.15) is 10.3 Å². The van der Waals surface area contributed by atoms with E-state index in [0.717, 1.165) is 21.3 Å². The van der Waals surface area contributed by atoms with Crippen LogP contribution >= 0.6 is 11.8 Å². The fourth-order valence-corrected chi connectivity index (χ4v) is 4.24. The number of hydrogen-bond acceptors (Lipinski definition) is 7. The minimum atomic E-state index is -0.920. The van der Waals surface area contributed by atoms with Crippen molar-refractivity contribution in [1.82, 2.24) is 15.8 Å². The quantitative estimate of drug-likeness (QED) is 0.746. The fourth-order valence-electron chi connectivity index (χ4n) is 3.62. The van der Waals surface area contributed by atoms with Gasteiger partial charge in [-0.15, -0.1) is 11.8 Å². The van der Waals surface area contributed by atoms with E-state index in [4.69, 9.17) is 4.99 Å². The van der Waals surface area contributed by atoms with Crippen molar-refractivity contribution in [3.63, 3.8) is 0 Å². The van der Waals surface area contributed by atoms with Crippen molar-refractivity contribution in [2.24, 2.45) is 4.99 Å². The van der Waals surface area contributed by atoms with E-state index in [9.17, 15) is 14.9 Å². The molecular weight excluding hydrogens is 398 g/mol. The van der Waals surface area contributed by atoms with Gasteiger partial charge in [-0.1, -0.05) is 42.5 Å². The largest absolute Gasteiger partial charge is 0.342 e. The van der Waals surface area contributed by atoms with Gasteiger partial charge in [0.05, 0.1) is 0 Å². The van der Waals surface area contributed by atoms with Gasteiger partial charge >= 0.3 is 0 Å². The number of imide groups is 1. The first-order valence-electron chi connectivity index (χ1n) is 9.26. The molecule has 1 unspecified atom stereocenters. The molecule has 4 rings (SSSR count). The highest BCUT2D eigenvalue weighted by Crippen LogP contribution is 2.35. The first kappa shape index (κ1) is 19.7. The molecular formula is C22H19N5O2S. The normalized spacial score (nSPS) is 21.3. The number of hydrazine groups is 1. The maximum atomic E-state index is 12.3. The van der Waals surface area contributed by atoms with Crippen molar-refractivity contribution in [2.45, 2.75) is 19.5 Å². The number of aliphatic imine (C=N–C) groups is 1. The molecule has 30 heavy (non-hydrogen) atoms. The Hall–Kier alpha value is -3.57. The Morgan fingerprint density at radius 3 is 2.60 bits per heavy atom. The van der Waals surface area contributed by atoms with E-state index in [0.29, 0.717) is 10.6 Å². The van der Waals surface area contributed by atoms with E-state index in [1.807, 2.05) is 55.6 Å². The molecule has 0 spiro atoms. The summed E-state index contributed by atoms with van der Waals surface area (Å²) in [6.45, 7) is 3.47. The highest BCUT2D eigenvalue weighted by Gasteiger charge is 2.37. The van der Waals surface area contributed by atoms with E-state index in [1.165, 1.54) is 17.8 Å². The summed E-state index contributed by atoms with van der Waals surface area (Å²) >= 11 is 1.33. The van der Waals surface area contributed by atoms with Crippen LogP contribution in [0.4, 0.5) is 0 Å². The SMILES string of the molecule is CSC1=NC(C)(c2cccc3ccccc23)NC(NN2C(=O)C=C(C)C2=O)=C1C#N. The van der Waals surface area contributed by atoms with E-state index in [1.54, 1.807) is 6.92 Å². The molecule has 2 amide bonds. The minimum absolute atomic E-state index is 0.241. The number of benzene rings is 2. The number of carbonyl (C=O) groups is 2. The predicted octanol–water partition coefficient (Wildman–Crippen LogP) is 2.93. The third-order valence-corrected chi connectivity index (χ3v) is 5.78. The molecule has 0 fully saturated rings. The lowest BCUT2D eigenvalue weighted by molar-refractivity contribution is -0.140. The summed E-state index contributed by atoms with van der Waals surface area (Å²) < 4.78 is 0. The maximum Gasteiger partial charge on any atom is 0.275 e. The highest BCUT2D eigenvalue weighted by molar-refractivity contribution is 8.13. The number of hydrogen-bond donors (Lipinski definition) is 2. The van der Waals surface area contributed by atoms with E-state index in [2.05, 4.69) is 16.8 Å². The maximum absolute atomic E-state index is 12.3.